The third-order valence-electron chi connectivity index (χ3n) is 3.85. The number of anilines is 1. The Morgan fingerprint density at radius 2 is 1.55 bits per heavy atom. The van der Waals surface area contributed by atoms with Crippen LogP contribution in [0, 0.1) is 0 Å². The van der Waals surface area contributed by atoms with E-state index in [4.69, 9.17) is 23.7 Å². The standard InChI is InChI=1S/C21H23NO7/c1-25-16-7-9-17(26-2)14(11-16)5-10-21(24)29-13-20(23)22-15-6-8-18(27-3)19(12-15)28-4/h5-12H,13H2,1-4H3,(H,22,23)/b10-5+. The van der Waals surface area contributed by atoms with Crippen molar-refractivity contribution in [3.63, 3.8) is 0 Å². The number of hydrogen-bond acceptors (Lipinski definition) is 7. The number of nitrogens with one attached hydrogen (secondary N) is 1. The van der Waals surface area contributed by atoms with Gasteiger partial charge < -0.3 is 29.0 Å². The molecule has 0 aromatic heterocycles. The molecule has 0 bridgehead atoms. The predicted octanol–water partition coefficient (Wildman–Crippen LogP) is 2.92. The van der Waals surface area contributed by atoms with Gasteiger partial charge in [0.15, 0.2) is 18.1 Å². The highest BCUT2D eigenvalue weighted by atomic mass is 16.5. The Morgan fingerprint density at radius 1 is 0.862 bits per heavy atom. The Labute approximate surface area is 169 Å². The molecule has 0 saturated heterocycles. The van der Waals surface area contributed by atoms with Gasteiger partial charge in [0.05, 0.1) is 28.4 Å². The lowest BCUT2D eigenvalue weighted by Gasteiger charge is -2.10. The van der Waals surface area contributed by atoms with E-state index in [9.17, 15) is 9.59 Å². The van der Waals surface area contributed by atoms with E-state index in [2.05, 4.69) is 5.32 Å². The molecule has 0 aliphatic rings. The molecule has 0 heterocycles. The second-order valence-corrected chi connectivity index (χ2v) is 5.67. The van der Waals surface area contributed by atoms with Crippen molar-refractivity contribution in [3.05, 3.63) is 48.0 Å². The Bertz CT molecular complexity index is 893. The van der Waals surface area contributed by atoms with Crippen molar-refractivity contribution >= 4 is 23.6 Å². The third-order valence-corrected chi connectivity index (χ3v) is 3.85. The first-order valence-corrected chi connectivity index (χ1v) is 8.59. The highest BCUT2D eigenvalue weighted by Crippen LogP contribution is 2.29. The van der Waals surface area contributed by atoms with Crippen LogP contribution in [0.15, 0.2) is 42.5 Å². The minimum atomic E-state index is -0.669. The van der Waals surface area contributed by atoms with E-state index in [1.807, 2.05) is 0 Å². The lowest BCUT2D eigenvalue weighted by molar-refractivity contribution is -0.142. The van der Waals surface area contributed by atoms with Gasteiger partial charge in [0.25, 0.3) is 5.91 Å². The van der Waals surface area contributed by atoms with Crippen LogP contribution in [0.1, 0.15) is 5.56 Å². The summed E-state index contributed by atoms with van der Waals surface area (Å²) in [6.07, 6.45) is 2.73. The zero-order valence-corrected chi connectivity index (χ0v) is 16.7. The SMILES string of the molecule is COc1ccc(OC)c(/C=C/C(=O)OCC(=O)Nc2ccc(OC)c(OC)c2)c1. The van der Waals surface area contributed by atoms with Crippen molar-refractivity contribution < 1.29 is 33.3 Å². The lowest BCUT2D eigenvalue weighted by Crippen LogP contribution is -2.20. The Morgan fingerprint density at radius 3 is 2.21 bits per heavy atom. The molecule has 29 heavy (non-hydrogen) atoms. The Kier molecular flexibility index (Phi) is 7.90. The predicted molar refractivity (Wildman–Crippen MR) is 108 cm³/mol. The van der Waals surface area contributed by atoms with Gasteiger partial charge >= 0.3 is 5.97 Å². The normalized spacial score (nSPS) is 10.3. The second-order valence-electron chi connectivity index (χ2n) is 5.67. The van der Waals surface area contributed by atoms with Crippen molar-refractivity contribution in [2.45, 2.75) is 0 Å². The summed E-state index contributed by atoms with van der Waals surface area (Å²) in [5, 5.41) is 2.62. The molecule has 0 spiro atoms. The average Bonchev–Trinajstić information content (AvgIpc) is 2.75. The third kappa shape index (κ3) is 6.17. The fourth-order valence-electron chi connectivity index (χ4n) is 2.42. The molecule has 0 fully saturated rings. The lowest BCUT2D eigenvalue weighted by atomic mass is 10.1. The summed E-state index contributed by atoms with van der Waals surface area (Å²) >= 11 is 0. The molecule has 0 radical (unpaired) electrons. The van der Waals surface area contributed by atoms with Gasteiger partial charge in [0.2, 0.25) is 0 Å². The van der Waals surface area contributed by atoms with E-state index in [0.717, 1.165) is 0 Å². The highest BCUT2D eigenvalue weighted by molar-refractivity contribution is 5.95. The molecule has 0 atom stereocenters. The van der Waals surface area contributed by atoms with Gasteiger partial charge in [-0.3, -0.25) is 4.79 Å². The maximum Gasteiger partial charge on any atom is 0.331 e. The summed E-state index contributed by atoms with van der Waals surface area (Å²) < 4.78 is 25.7. The maximum absolute atomic E-state index is 12.0. The number of hydrogen-bond donors (Lipinski definition) is 1. The number of esters is 1. The molecule has 0 saturated carbocycles. The average molecular weight is 401 g/mol. The molecule has 0 unspecified atom stereocenters. The van der Waals surface area contributed by atoms with Crippen LogP contribution in [0.25, 0.3) is 6.08 Å². The van der Waals surface area contributed by atoms with Crippen LogP contribution < -0.4 is 24.3 Å². The summed E-state index contributed by atoms with van der Waals surface area (Å²) in [5.74, 6) is 1.04. The van der Waals surface area contributed by atoms with Gasteiger partial charge in [-0.15, -0.1) is 0 Å². The zero-order chi connectivity index (χ0) is 21.2. The van der Waals surface area contributed by atoms with Gasteiger partial charge in [0, 0.05) is 23.4 Å². The number of methoxy groups -OCH3 is 4. The summed E-state index contributed by atoms with van der Waals surface area (Å²) in [5.41, 5.74) is 1.12. The largest absolute Gasteiger partial charge is 0.497 e. The molecule has 154 valence electrons. The van der Waals surface area contributed by atoms with Crippen LogP contribution in [0.2, 0.25) is 0 Å². The number of carbonyl (C=O) groups excluding carboxylic acids is 2. The van der Waals surface area contributed by atoms with Gasteiger partial charge in [-0.25, -0.2) is 4.79 Å². The van der Waals surface area contributed by atoms with E-state index >= 15 is 0 Å². The first-order chi connectivity index (χ1) is 14.0. The topological polar surface area (TPSA) is 92.3 Å². The van der Waals surface area contributed by atoms with Crippen LogP contribution >= 0.6 is 0 Å². The van der Waals surface area contributed by atoms with Crippen molar-refractivity contribution in [3.8, 4) is 23.0 Å². The monoisotopic (exact) mass is 401 g/mol. The van der Waals surface area contributed by atoms with Gasteiger partial charge in [-0.2, -0.15) is 0 Å². The Balaban J connectivity index is 1.92. The number of rotatable bonds is 9. The minimum Gasteiger partial charge on any atom is -0.497 e. The van der Waals surface area contributed by atoms with E-state index in [1.54, 1.807) is 43.5 Å². The molecule has 2 aromatic carbocycles. The molecule has 1 N–H and O–H groups in total. The first-order valence-electron chi connectivity index (χ1n) is 8.59. The second kappa shape index (κ2) is 10.6. The summed E-state index contributed by atoms with van der Waals surface area (Å²) in [6, 6.07) is 10.1. The zero-order valence-electron chi connectivity index (χ0n) is 16.7. The molecule has 0 aliphatic heterocycles. The van der Waals surface area contributed by atoms with Crippen molar-refractivity contribution in [2.75, 3.05) is 40.4 Å². The number of carbonyl (C=O) groups is 2. The maximum atomic E-state index is 12.0. The van der Waals surface area contributed by atoms with E-state index in [-0.39, 0.29) is 0 Å². The smallest absolute Gasteiger partial charge is 0.331 e. The van der Waals surface area contributed by atoms with Gasteiger partial charge in [-0.05, 0) is 36.4 Å². The molecule has 8 nitrogen and oxygen atoms in total. The Hall–Kier alpha value is -3.68. The van der Waals surface area contributed by atoms with E-state index < -0.39 is 18.5 Å². The van der Waals surface area contributed by atoms with Crippen molar-refractivity contribution in [1.82, 2.24) is 0 Å². The van der Waals surface area contributed by atoms with Gasteiger partial charge in [-0.1, -0.05) is 0 Å². The van der Waals surface area contributed by atoms with Crippen LogP contribution in [0.5, 0.6) is 23.0 Å². The molecule has 0 aliphatic carbocycles. The van der Waals surface area contributed by atoms with Gasteiger partial charge in [0.1, 0.15) is 11.5 Å². The van der Waals surface area contributed by atoms with E-state index in [1.165, 1.54) is 33.5 Å². The molecule has 2 aromatic rings. The molecular weight excluding hydrogens is 378 g/mol. The molecule has 1 amide bonds. The van der Waals surface area contributed by atoms with Crippen molar-refractivity contribution in [1.29, 1.82) is 0 Å². The number of amides is 1. The minimum absolute atomic E-state index is 0.438. The van der Waals surface area contributed by atoms with Crippen molar-refractivity contribution in [2.24, 2.45) is 0 Å². The summed E-state index contributed by atoms with van der Waals surface area (Å²) in [4.78, 5) is 23.9. The van der Waals surface area contributed by atoms with Crippen LogP contribution in [-0.2, 0) is 14.3 Å². The van der Waals surface area contributed by atoms with Crippen LogP contribution in [-0.4, -0.2) is 46.9 Å². The van der Waals surface area contributed by atoms with Crippen LogP contribution in [0.3, 0.4) is 0 Å². The quantitative estimate of drug-likeness (QED) is 0.510. The number of ether oxygens (including phenoxy) is 5. The van der Waals surface area contributed by atoms with E-state index in [0.29, 0.717) is 34.2 Å². The summed E-state index contributed by atoms with van der Waals surface area (Å²) in [6.45, 7) is -0.438. The number of benzene rings is 2. The molecule has 8 heteroatoms. The fraction of sp³-hybridized carbons (Fsp3) is 0.238. The summed E-state index contributed by atoms with van der Waals surface area (Å²) in [7, 11) is 6.08. The molecular formula is C21H23NO7. The molecule has 2 rings (SSSR count). The van der Waals surface area contributed by atoms with Crippen LogP contribution in [0.4, 0.5) is 5.69 Å². The fourth-order valence-corrected chi connectivity index (χ4v) is 2.42. The highest BCUT2D eigenvalue weighted by Gasteiger charge is 2.09. The first kappa shape index (κ1) is 21.6.